The van der Waals surface area contributed by atoms with Crippen LogP contribution in [0.5, 0.6) is 5.88 Å². The molecule has 1 aromatic heterocycles. The molecule has 2 rings (SSSR count). The number of aliphatic hydroxyl groups is 1. The van der Waals surface area contributed by atoms with Gasteiger partial charge in [0.1, 0.15) is 17.7 Å². The van der Waals surface area contributed by atoms with E-state index in [1.54, 1.807) is 6.07 Å². The third kappa shape index (κ3) is 2.92. The largest absolute Gasteiger partial charge is 0.472 e. The molecule has 1 saturated carbocycles. The third-order valence-electron chi connectivity index (χ3n) is 3.14. The van der Waals surface area contributed by atoms with Crippen molar-refractivity contribution in [1.29, 1.82) is 5.26 Å². The van der Waals surface area contributed by atoms with Gasteiger partial charge in [0.2, 0.25) is 0 Å². The maximum Gasteiger partial charge on any atom is 0.251 e. The smallest absolute Gasteiger partial charge is 0.251 e. The van der Waals surface area contributed by atoms with Crippen LogP contribution in [0.25, 0.3) is 0 Å². The summed E-state index contributed by atoms with van der Waals surface area (Å²) in [6, 6.07) is 3.64. The van der Waals surface area contributed by atoms with Crippen molar-refractivity contribution in [3.63, 3.8) is 0 Å². The molecule has 0 aliphatic heterocycles. The molecule has 0 atom stereocenters. The van der Waals surface area contributed by atoms with Crippen molar-refractivity contribution in [2.75, 3.05) is 6.61 Å². The van der Waals surface area contributed by atoms with E-state index in [1.807, 2.05) is 6.07 Å². The summed E-state index contributed by atoms with van der Waals surface area (Å²) in [6.45, 7) is 0.251. The Morgan fingerprint density at radius 2 is 2.18 bits per heavy atom. The van der Waals surface area contributed by atoms with E-state index in [9.17, 15) is 0 Å². The summed E-state index contributed by atoms with van der Waals surface area (Å²) < 4.78 is 5.69. The lowest BCUT2D eigenvalue weighted by Gasteiger charge is -2.27. The minimum atomic E-state index is 0.0848. The molecular formula is C12H15N3O2. The first kappa shape index (κ1) is 11.8. The Bertz CT molecular complexity index is 408. The number of rotatable bonds is 3. The number of hydrogen-bond acceptors (Lipinski definition) is 5. The molecule has 5 heteroatoms. The summed E-state index contributed by atoms with van der Waals surface area (Å²) in [5.41, 5.74) is 0.421. The number of hydrogen-bond donors (Lipinski definition) is 1. The molecule has 1 heterocycles. The van der Waals surface area contributed by atoms with Crippen LogP contribution in [-0.2, 0) is 0 Å². The molecule has 17 heavy (non-hydrogen) atoms. The van der Waals surface area contributed by atoms with Gasteiger partial charge in [-0.1, -0.05) is 0 Å². The minimum absolute atomic E-state index is 0.0848. The van der Waals surface area contributed by atoms with Crippen LogP contribution < -0.4 is 4.74 Å². The SMILES string of the molecule is N#Cc1ccnnc1OC1CCC(CO)CC1. The summed E-state index contributed by atoms with van der Waals surface area (Å²) in [6.07, 6.45) is 5.28. The Morgan fingerprint density at radius 3 is 2.82 bits per heavy atom. The first-order valence-electron chi connectivity index (χ1n) is 5.82. The molecule has 1 fully saturated rings. The van der Waals surface area contributed by atoms with Gasteiger partial charge in [-0.3, -0.25) is 0 Å². The van der Waals surface area contributed by atoms with Crippen molar-refractivity contribution >= 4 is 0 Å². The van der Waals surface area contributed by atoms with E-state index in [2.05, 4.69) is 10.2 Å². The van der Waals surface area contributed by atoms with Gasteiger partial charge < -0.3 is 9.84 Å². The highest BCUT2D eigenvalue weighted by molar-refractivity contribution is 5.35. The molecule has 0 aromatic carbocycles. The Balaban J connectivity index is 1.96. The lowest BCUT2D eigenvalue weighted by atomic mass is 9.88. The van der Waals surface area contributed by atoms with Crippen LogP contribution in [0.15, 0.2) is 12.3 Å². The average Bonchev–Trinajstić information content (AvgIpc) is 2.40. The molecule has 0 spiro atoms. The fraction of sp³-hybridized carbons (Fsp3) is 0.583. The second-order valence-electron chi connectivity index (χ2n) is 4.30. The van der Waals surface area contributed by atoms with E-state index in [0.717, 1.165) is 25.7 Å². The monoisotopic (exact) mass is 233 g/mol. The average molecular weight is 233 g/mol. The topological polar surface area (TPSA) is 79.0 Å². The van der Waals surface area contributed by atoms with Gasteiger partial charge in [0.05, 0.1) is 6.20 Å². The quantitative estimate of drug-likeness (QED) is 0.850. The van der Waals surface area contributed by atoms with Crippen molar-refractivity contribution in [2.45, 2.75) is 31.8 Å². The highest BCUT2D eigenvalue weighted by atomic mass is 16.5. The van der Waals surface area contributed by atoms with Crippen LogP contribution in [0.4, 0.5) is 0 Å². The first-order chi connectivity index (χ1) is 8.33. The van der Waals surface area contributed by atoms with Crippen LogP contribution in [0.2, 0.25) is 0 Å². The van der Waals surface area contributed by atoms with Crippen molar-refractivity contribution in [3.05, 3.63) is 17.8 Å². The highest BCUT2D eigenvalue weighted by Gasteiger charge is 2.23. The fourth-order valence-corrected chi connectivity index (χ4v) is 2.08. The molecule has 1 aliphatic rings. The molecule has 1 aromatic rings. The maximum atomic E-state index is 9.04. The molecule has 5 nitrogen and oxygen atoms in total. The van der Waals surface area contributed by atoms with Crippen LogP contribution in [0.3, 0.4) is 0 Å². The van der Waals surface area contributed by atoms with Crippen LogP contribution in [0.1, 0.15) is 31.2 Å². The van der Waals surface area contributed by atoms with Crippen molar-refractivity contribution in [1.82, 2.24) is 10.2 Å². The van der Waals surface area contributed by atoms with Gasteiger partial charge in [0.25, 0.3) is 5.88 Å². The summed E-state index contributed by atoms with van der Waals surface area (Å²) in [5.74, 6) is 0.717. The first-order valence-corrected chi connectivity index (χ1v) is 5.82. The molecule has 1 aliphatic carbocycles. The van der Waals surface area contributed by atoms with Crippen molar-refractivity contribution in [3.8, 4) is 11.9 Å². The predicted octanol–water partition coefficient (Wildman–Crippen LogP) is 1.28. The molecular weight excluding hydrogens is 218 g/mol. The molecule has 0 radical (unpaired) electrons. The van der Waals surface area contributed by atoms with E-state index in [1.165, 1.54) is 6.20 Å². The van der Waals surface area contributed by atoms with Crippen LogP contribution in [-0.4, -0.2) is 28.0 Å². The molecule has 0 amide bonds. The molecule has 0 unspecified atom stereocenters. The number of nitrogens with zero attached hydrogens (tertiary/aromatic N) is 3. The zero-order valence-electron chi connectivity index (χ0n) is 9.54. The number of aliphatic hydroxyl groups excluding tert-OH is 1. The van der Waals surface area contributed by atoms with Crippen LogP contribution in [0, 0.1) is 17.2 Å². The lowest BCUT2D eigenvalue weighted by molar-refractivity contribution is 0.0994. The second-order valence-corrected chi connectivity index (χ2v) is 4.30. The Labute approximate surface area is 100 Å². The van der Waals surface area contributed by atoms with E-state index >= 15 is 0 Å². The fourth-order valence-electron chi connectivity index (χ4n) is 2.08. The van der Waals surface area contributed by atoms with Gasteiger partial charge in [-0.2, -0.15) is 10.4 Å². The Kier molecular flexibility index (Phi) is 3.89. The van der Waals surface area contributed by atoms with Gasteiger partial charge in [0.15, 0.2) is 0 Å². The molecule has 0 saturated heterocycles. The lowest BCUT2D eigenvalue weighted by Crippen LogP contribution is -2.26. The van der Waals surface area contributed by atoms with E-state index in [4.69, 9.17) is 15.1 Å². The summed E-state index contributed by atoms with van der Waals surface area (Å²) >= 11 is 0. The van der Waals surface area contributed by atoms with Crippen LogP contribution >= 0.6 is 0 Å². The van der Waals surface area contributed by atoms with Gasteiger partial charge in [-0.25, -0.2) is 0 Å². The van der Waals surface area contributed by atoms with Gasteiger partial charge >= 0.3 is 0 Å². The maximum absolute atomic E-state index is 9.04. The zero-order valence-corrected chi connectivity index (χ0v) is 9.54. The van der Waals surface area contributed by atoms with E-state index in [-0.39, 0.29) is 12.7 Å². The second kappa shape index (κ2) is 5.60. The Hall–Kier alpha value is -1.67. The normalized spacial score (nSPS) is 24.0. The number of nitriles is 1. The third-order valence-corrected chi connectivity index (χ3v) is 3.14. The molecule has 0 bridgehead atoms. The van der Waals surface area contributed by atoms with E-state index < -0.39 is 0 Å². The van der Waals surface area contributed by atoms with Gasteiger partial charge in [-0.05, 0) is 37.7 Å². The number of ether oxygens (including phenoxy) is 1. The molecule has 1 N–H and O–H groups in total. The summed E-state index contributed by atoms with van der Waals surface area (Å²) in [7, 11) is 0. The molecule has 90 valence electrons. The van der Waals surface area contributed by atoms with Gasteiger partial charge in [0, 0.05) is 6.61 Å². The predicted molar refractivity (Wildman–Crippen MR) is 60.2 cm³/mol. The summed E-state index contributed by atoms with van der Waals surface area (Å²) in [5, 5.41) is 25.5. The van der Waals surface area contributed by atoms with Crippen molar-refractivity contribution < 1.29 is 9.84 Å². The van der Waals surface area contributed by atoms with E-state index in [0.29, 0.717) is 17.4 Å². The van der Waals surface area contributed by atoms with Crippen molar-refractivity contribution in [2.24, 2.45) is 5.92 Å². The van der Waals surface area contributed by atoms with Gasteiger partial charge in [-0.15, -0.1) is 5.10 Å². The Morgan fingerprint density at radius 1 is 1.41 bits per heavy atom. The zero-order chi connectivity index (χ0) is 12.1. The standard InChI is InChI=1S/C12H15N3O2/c13-7-10-5-6-14-15-12(10)17-11-3-1-9(8-16)2-4-11/h5-6,9,11,16H,1-4,8H2. The summed E-state index contributed by atoms with van der Waals surface area (Å²) in [4.78, 5) is 0. The number of aromatic nitrogens is 2. The minimum Gasteiger partial charge on any atom is -0.472 e. The highest BCUT2D eigenvalue weighted by Crippen LogP contribution is 2.27.